The van der Waals surface area contributed by atoms with Gasteiger partial charge in [-0.05, 0) is 19.1 Å². The number of carbonyl (C=O) groups excluding carboxylic acids is 1. The average molecular weight is 367 g/mol. The van der Waals surface area contributed by atoms with Crippen molar-refractivity contribution < 1.29 is 19.0 Å². The molecule has 0 saturated heterocycles. The van der Waals surface area contributed by atoms with Crippen molar-refractivity contribution in [2.45, 2.75) is 13.0 Å². The molecule has 26 heavy (non-hydrogen) atoms. The number of carbonyl (C=O) groups is 1. The molecular formula is C20H17NO4S. The molecule has 0 radical (unpaired) electrons. The van der Waals surface area contributed by atoms with E-state index in [-0.39, 0.29) is 12.7 Å². The van der Waals surface area contributed by atoms with Gasteiger partial charge in [0.1, 0.15) is 18.1 Å². The molecule has 0 fully saturated rings. The largest absolute Gasteiger partial charge is 0.486 e. The third-order valence-corrected chi connectivity index (χ3v) is 4.89. The minimum atomic E-state index is -0.392. The van der Waals surface area contributed by atoms with Crippen molar-refractivity contribution in [3.63, 3.8) is 0 Å². The van der Waals surface area contributed by atoms with Crippen molar-refractivity contribution in [2.75, 3.05) is 13.2 Å². The van der Waals surface area contributed by atoms with Gasteiger partial charge in [-0.2, -0.15) is 0 Å². The van der Waals surface area contributed by atoms with Crippen LogP contribution in [0.15, 0.2) is 54.6 Å². The van der Waals surface area contributed by atoms with Gasteiger partial charge in [-0.1, -0.05) is 42.5 Å². The van der Waals surface area contributed by atoms with Crippen LogP contribution >= 0.6 is 11.3 Å². The van der Waals surface area contributed by atoms with Crippen LogP contribution in [-0.2, 0) is 4.74 Å². The van der Waals surface area contributed by atoms with E-state index in [2.05, 4.69) is 4.98 Å². The van der Waals surface area contributed by atoms with Crippen LogP contribution in [0.5, 0.6) is 11.5 Å². The molecule has 2 aromatic carbocycles. The van der Waals surface area contributed by atoms with Crippen molar-refractivity contribution in [1.82, 2.24) is 4.98 Å². The van der Waals surface area contributed by atoms with Gasteiger partial charge in [0, 0.05) is 5.56 Å². The fourth-order valence-electron chi connectivity index (χ4n) is 2.74. The van der Waals surface area contributed by atoms with Gasteiger partial charge < -0.3 is 14.2 Å². The maximum absolute atomic E-state index is 12.6. The first-order valence-electron chi connectivity index (χ1n) is 8.29. The highest BCUT2D eigenvalue weighted by Crippen LogP contribution is 2.31. The number of aryl methyl sites for hydroxylation is 1. The second-order valence-corrected chi connectivity index (χ2v) is 7.08. The summed E-state index contributed by atoms with van der Waals surface area (Å²) in [6, 6.07) is 17.1. The summed E-state index contributed by atoms with van der Waals surface area (Å²) in [7, 11) is 0. The fraction of sp³-hybridized carbons (Fsp3) is 0.200. The number of para-hydroxylation sites is 2. The number of hydrogen-bond acceptors (Lipinski definition) is 6. The Labute approximate surface area is 155 Å². The fourth-order valence-corrected chi connectivity index (χ4v) is 3.57. The Hall–Kier alpha value is -2.86. The van der Waals surface area contributed by atoms with E-state index >= 15 is 0 Å². The van der Waals surface area contributed by atoms with Gasteiger partial charge in [-0.3, -0.25) is 0 Å². The second kappa shape index (κ2) is 7.17. The number of hydrogen-bond donors (Lipinski definition) is 0. The minimum Gasteiger partial charge on any atom is -0.486 e. The third-order valence-electron chi connectivity index (χ3n) is 3.93. The molecule has 1 aromatic heterocycles. The van der Waals surface area contributed by atoms with E-state index < -0.39 is 5.97 Å². The highest BCUT2D eigenvalue weighted by Gasteiger charge is 2.24. The zero-order valence-corrected chi connectivity index (χ0v) is 15.0. The number of ether oxygens (including phenoxy) is 3. The van der Waals surface area contributed by atoms with E-state index in [1.54, 1.807) is 0 Å². The van der Waals surface area contributed by atoms with E-state index in [1.165, 1.54) is 11.3 Å². The van der Waals surface area contributed by atoms with Gasteiger partial charge in [0.15, 0.2) is 17.6 Å². The van der Waals surface area contributed by atoms with Gasteiger partial charge in [0.05, 0.1) is 10.7 Å². The van der Waals surface area contributed by atoms with E-state index in [9.17, 15) is 4.79 Å². The van der Waals surface area contributed by atoms with E-state index in [0.717, 1.165) is 10.6 Å². The van der Waals surface area contributed by atoms with Crippen molar-refractivity contribution in [3.8, 4) is 22.8 Å². The number of esters is 1. The number of fused-ring (bicyclic) bond motifs is 1. The Morgan fingerprint density at radius 3 is 2.69 bits per heavy atom. The molecule has 1 aliphatic rings. The predicted octanol–water partition coefficient (Wildman–Crippen LogP) is 4.12. The lowest BCUT2D eigenvalue weighted by atomic mass is 10.1. The number of rotatable bonds is 4. The summed E-state index contributed by atoms with van der Waals surface area (Å²) in [6.07, 6.45) is -0.331. The van der Waals surface area contributed by atoms with Crippen LogP contribution in [0.4, 0.5) is 0 Å². The SMILES string of the molecule is Cc1nc(-c2ccccc2)c(C(=O)OCC2COc3ccccc3O2)s1. The predicted molar refractivity (Wildman–Crippen MR) is 98.9 cm³/mol. The lowest BCUT2D eigenvalue weighted by molar-refractivity contribution is 0.0114. The van der Waals surface area contributed by atoms with Crippen molar-refractivity contribution >= 4 is 17.3 Å². The Morgan fingerprint density at radius 1 is 1.15 bits per heavy atom. The van der Waals surface area contributed by atoms with Crippen molar-refractivity contribution in [1.29, 1.82) is 0 Å². The monoisotopic (exact) mass is 367 g/mol. The zero-order chi connectivity index (χ0) is 17.9. The molecule has 1 atom stereocenters. The molecule has 0 saturated carbocycles. The lowest BCUT2D eigenvalue weighted by Crippen LogP contribution is -2.34. The number of thiazole rings is 1. The minimum absolute atomic E-state index is 0.123. The summed E-state index contributed by atoms with van der Waals surface area (Å²) < 4.78 is 17.0. The summed E-state index contributed by atoms with van der Waals surface area (Å²) in [4.78, 5) is 17.6. The highest BCUT2D eigenvalue weighted by molar-refractivity contribution is 7.14. The molecule has 0 aliphatic carbocycles. The summed E-state index contributed by atoms with van der Waals surface area (Å²) in [5.41, 5.74) is 1.55. The molecular weight excluding hydrogens is 350 g/mol. The number of nitrogens with zero attached hydrogens (tertiary/aromatic N) is 1. The van der Waals surface area contributed by atoms with Gasteiger partial charge >= 0.3 is 5.97 Å². The Morgan fingerprint density at radius 2 is 1.88 bits per heavy atom. The normalized spacial score (nSPS) is 15.5. The molecule has 1 unspecified atom stereocenters. The van der Waals surface area contributed by atoms with Gasteiger partial charge in [-0.25, -0.2) is 9.78 Å². The topological polar surface area (TPSA) is 57.7 Å². The molecule has 2 heterocycles. The maximum Gasteiger partial charge on any atom is 0.350 e. The molecule has 0 N–H and O–H groups in total. The Kier molecular flexibility index (Phi) is 4.58. The molecule has 0 amide bonds. The van der Waals surface area contributed by atoms with Crippen LogP contribution in [0, 0.1) is 6.92 Å². The van der Waals surface area contributed by atoms with Crippen molar-refractivity contribution in [3.05, 3.63) is 64.5 Å². The Balaban J connectivity index is 1.45. The second-order valence-electron chi connectivity index (χ2n) is 5.87. The Bertz CT molecular complexity index is 923. The smallest absolute Gasteiger partial charge is 0.350 e. The molecule has 6 heteroatoms. The van der Waals surface area contributed by atoms with Gasteiger partial charge in [0.25, 0.3) is 0 Å². The molecule has 132 valence electrons. The molecule has 4 rings (SSSR count). The van der Waals surface area contributed by atoms with Gasteiger partial charge in [-0.15, -0.1) is 11.3 Å². The molecule has 3 aromatic rings. The number of benzene rings is 2. The van der Waals surface area contributed by atoms with E-state index in [0.29, 0.717) is 28.7 Å². The maximum atomic E-state index is 12.6. The average Bonchev–Trinajstić information content (AvgIpc) is 3.08. The van der Waals surface area contributed by atoms with Gasteiger partial charge in [0.2, 0.25) is 0 Å². The quantitative estimate of drug-likeness (QED) is 0.650. The summed E-state index contributed by atoms with van der Waals surface area (Å²) in [5, 5.41) is 0.821. The lowest BCUT2D eigenvalue weighted by Gasteiger charge is -2.25. The molecule has 1 aliphatic heterocycles. The number of aromatic nitrogens is 1. The van der Waals surface area contributed by atoms with Crippen LogP contribution < -0.4 is 9.47 Å². The third kappa shape index (κ3) is 3.41. The summed E-state index contributed by atoms with van der Waals surface area (Å²) in [5.74, 6) is 0.981. The van der Waals surface area contributed by atoms with Crippen LogP contribution in [-0.4, -0.2) is 30.3 Å². The highest BCUT2D eigenvalue weighted by atomic mass is 32.1. The standard InChI is InChI=1S/C20H17NO4S/c1-13-21-18(14-7-3-2-4-8-14)19(26-13)20(22)24-12-15-11-23-16-9-5-6-10-17(16)25-15/h2-10,15H,11-12H2,1H3. The van der Waals surface area contributed by atoms with Crippen LogP contribution in [0.2, 0.25) is 0 Å². The van der Waals surface area contributed by atoms with Crippen LogP contribution in [0.1, 0.15) is 14.7 Å². The summed E-state index contributed by atoms with van der Waals surface area (Å²) >= 11 is 1.33. The molecule has 0 spiro atoms. The summed E-state index contributed by atoms with van der Waals surface area (Å²) in [6.45, 7) is 2.35. The first kappa shape index (κ1) is 16.6. The van der Waals surface area contributed by atoms with Crippen molar-refractivity contribution in [2.24, 2.45) is 0 Å². The molecule has 0 bridgehead atoms. The van der Waals surface area contributed by atoms with Crippen LogP contribution in [0.25, 0.3) is 11.3 Å². The zero-order valence-electron chi connectivity index (χ0n) is 14.2. The van der Waals surface area contributed by atoms with Crippen LogP contribution in [0.3, 0.4) is 0 Å². The van der Waals surface area contributed by atoms with E-state index in [4.69, 9.17) is 14.2 Å². The first-order chi connectivity index (χ1) is 12.7. The first-order valence-corrected chi connectivity index (χ1v) is 9.11. The van der Waals surface area contributed by atoms with E-state index in [1.807, 2.05) is 61.5 Å². The molecule has 5 nitrogen and oxygen atoms in total.